The number of rotatable bonds is 3. The van der Waals surface area contributed by atoms with E-state index in [0.29, 0.717) is 11.4 Å². The SMILES string of the molecule is CC(=O)N(c1cccc(C)c1)[C@@H]1SC(=O)N(c2ccccc2)C1=O. The van der Waals surface area contributed by atoms with E-state index in [0.717, 1.165) is 22.2 Å². The molecule has 1 atom stereocenters. The number of para-hydroxylation sites is 1. The number of amides is 3. The highest BCUT2D eigenvalue weighted by molar-refractivity contribution is 8.16. The third-order valence-corrected chi connectivity index (χ3v) is 4.71. The predicted octanol–water partition coefficient (Wildman–Crippen LogP) is 3.57. The zero-order chi connectivity index (χ0) is 17.3. The van der Waals surface area contributed by atoms with Gasteiger partial charge in [0.2, 0.25) is 5.91 Å². The van der Waals surface area contributed by atoms with Gasteiger partial charge in [0.15, 0.2) is 5.37 Å². The van der Waals surface area contributed by atoms with Crippen molar-refractivity contribution in [2.45, 2.75) is 19.2 Å². The van der Waals surface area contributed by atoms with Crippen LogP contribution in [0.25, 0.3) is 0 Å². The van der Waals surface area contributed by atoms with Crippen LogP contribution in [0, 0.1) is 6.92 Å². The summed E-state index contributed by atoms with van der Waals surface area (Å²) in [5.74, 6) is -0.693. The van der Waals surface area contributed by atoms with Crippen molar-refractivity contribution in [3.8, 4) is 0 Å². The number of carbonyl (C=O) groups is 3. The molecule has 1 aliphatic rings. The molecule has 0 radical (unpaired) electrons. The van der Waals surface area contributed by atoms with Gasteiger partial charge in [-0.25, -0.2) is 4.90 Å². The standard InChI is InChI=1S/C18H16N2O3S/c1-12-7-6-10-15(11-12)19(13(2)21)17-16(22)20(18(23)24-17)14-8-4-3-5-9-14/h3-11,17H,1-2H3/t17-/m1/s1. The van der Waals surface area contributed by atoms with E-state index >= 15 is 0 Å². The quantitative estimate of drug-likeness (QED) is 0.857. The normalized spacial score (nSPS) is 17.2. The summed E-state index contributed by atoms with van der Waals surface area (Å²) >= 11 is 0.856. The molecule has 2 aromatic rings. The molecule has 1 heterocycles. The number of hydrogen-bond acceptors (Lipinski definition) is 4. The van der Waals surface area contributed by atoms with Crippen molar-refractivity contribution >= 4 is 40.2 Å². The molecule has 0 bridgehead atoms. The third kappa shape index (κ3) is 2.92. The van der Waals surface area contributed by atoms with E-state index in [1.807, 2.05) is 31.2 Å². The van der Waals surface area contributed by atoms with Crippen LogP contribution >= 0.6 is 11.8 Å². The topological polar surface area (TPSA) is 57.7 Å². The highest BCUT2D eigenvalue weighted by atomic mass is 32.2. The van der Waals surface area contributed by atoms with E-state index in [4.69, 9.17) is 0 Å². The van der Waals surface area contributed by atoms with E-state index in [1.54, 1.807) is 30.3 Å². The summed E-state index contributed by atoms with van der Waals surface area (Å²) in [6, 6.07) is 16.0. The summed E-state index contributed by atoms with van der Waals surface area (Å²) in [7, 11) is 0. The molecule has 6 heteroatoms. The lowest BCUT2D eigenvalue weighted by Gasteiger charge is -2.25. The molecule has 0 aliphatic carbocycles. The Balaban J connectivity index is 1.97. The summed E-state index contributed by atoms with van der Waals surface area (Å²) in [5.41, 5.74) is 2.09. The van der Waals surface area contributed by atoms with Crippen molar-refractivity contribution in [3.63, 3.8) is 0 Å². The summed E-state index contributed by atoms with van der Waals surface area (Å²) in [6.07, 6.45) is 0. The first kappa shape index (κ1) is 16.3. The Kier molecular flexibility index (Phi) is 4.40. The van der Waals surface area contributed by atoms with Crippen LogP contribution < -0.4 is 9.80 Å². The van der Waals surface area contributed by atoms with Gasteiger partial charge >= 0.3 is 0 Å². The zero-order valence-corrected chi connectivity index (χ0v) is 14.1. The van der Waals surface area contributed by atoms with Crippen molar-refractivity contribution in [1.29, 1.82) is 0 Å². The Morgan fingerprint density at radius 3 is 2.42 bits per heavy atom. The third-order valence-electron chi connectivity index (χ3n) is 3.69. The highest BCUT2D eigenvalue weighted by Gasteiger charge is 2.45. The van der Waals surface area contributed by atoms with Gasteiger partial charge in [0, 0.05) is 12.6 Å². The number of imide groups is 1. The minimum absolute atomic E-state index is 0.283. The number of hydrogen-bond donors (Lipinski definition) is 0. The van der Waals surface area contributed by atoms with Gasteiger partial charge in [0.05, 0.1) is 5.69 Å². The molecule has 3 rings (SSSR count). The van der Waals surface area contributed by atoms with Gasteiger partial charge in [0.25, 0.3) is 11.1 Å². The van der Waals surface area contributed by atoms with Crippen LogP contribution in [0.1, 0.15) is 12.5 Å². The molecule has 0 spiro atoms. The zero-order valence-electron chi connectivity index (χ0n) is 13.3. The molecule has 3 amide bonds. The molecule has 0 saturated carbocycles. The fourth-order valence-corrected chi connectivity index (χ4v) is 3.71. The van der Waals surface area contributed by atoms with Gasteiger partial charge < -0.3 is 0 Å². The smallest absolute Gasteiger partial charge is 0.290 e. The molecule has 1 aliphatic heterocycles. The monoisotopic (exact) mass is 340 g/mol. The fourth-order valence-electron chi connectivity index (χ4n) is 2.63. The summed E-state index contributed by atoms with van der Waals surface area (Å²) in [6.45, 7) is 3.30. The van der Waals surface area contributed by atoms with Gasteiger partial charge in [-0.05, 0) is 48.5 Å². The van der Waals surface area contributed by atoms with Gasteiger partial charge in [-0.1, -0.05) is 30.3 Å². The van der Waals surface area contributed by atoms with E-state index < -0.39 is 11.3 Å². The van der Waals surface area contributed by atoms with Crippen LogP contribution in [-0.4, -0.2) is 22.4 Å². The van der Waals surface area contributed by atoms with Crippen LogP contribution in [0.2, 0.25) is 0 Å². The van der Waals surface area contributed by atoms with Crippen molar-refractivity contribution in [2.75, 3.05) is 9.80 Å². The first-order chi connectivity index (χ1) is 11.5. The minimum Gasteiger partial charge on any atom is -0.290 e. The average molecular weight is 340 g/mol. The fraction of sp³-hybridized carbons (Fsp3) is 0.167. The van der Waals surface area contributed by atoms with Gasteiger partial charge in [-0.3, -0.25) is 19.3 Å². The number of nitrogens with zero attached hydrogens (tertiary/aromatic N) is 2. The molecule has 0 N–H and O–H groups in total. The average Bonchev–Trinajstić information content (AvgIpc) is 2.83. The Labute approximate surface area is 144 Å². The van der Waals surface area contributed by atoms with Crippen molar-refractivity contribution in [1.82, 2.24) is 0 Å². The van der Waals surface area contributed by atoms with Crippen LogP contribution in [-0.2, 0) is 9.59 Å². The van der Waals surface area contributed by atoms with Crippen LogP contribution in [0.5, 0.6) is 0 Å². The second kappa shape index (κ2) is 6.49. The van der Waals surface area contributed by atoms with Crippen LogP contribution in [0.3, 0.4) is 0 Å². The lowest BCUT2D eigenvalue weighted by Crippen LogP contribution is -2.44. The van der Waals surface area contributed by atoms with E-state index in [9.17, 15) is 14.4 Å². The first-order valence-electron chi connectivity index (χ1n) is 7.45. The number of anilines is 2. The molecule has 0 aromatic heterocycles. The minimum atomic E-state index is -0.892. The Morgan fingerprint density at radius 2 is 1.79 bits per heavy atom. The molecule has 0 unspecified atom stereocenters. The van der Waals surface area contributed by atoms with Crippen molar-refractivity contribution in [2.24, 2.45) is 0 Å². The predicted molar refractivity (Wildman–Crippen MR) is 95.0 cm³/mol. The van der Waals surface area contributed by atoms with Crippen LogP contribution in [0.15, 0.2) is 54.6 Å². The van der Waals surface area contributed by atoms with Gasteiger partial charge in [0.1, 0.15) is 0 Å². The van der Waals surface area contributed by atoms with Gasteiger partial charge in [-0.2, -0.15) is 0 Å². The maximum absolute atomic E-state index is 12.8. The summed E-state index contributed by atoms with van der Waals surface area (Å²) in [5, 5.41) is -1.27. The number of benzene rings is 2. The molecular weight excluding hydrogens is 324 g/mol. The maximum atomic E-state index is 12.8. The van der Waals surface area contributed by atoms with Gasteiger partial charge in [-0.15, -0.1) is 0 Å². The number of carbonyl (C=O) groups excluding carboxylic acids is 3. The lowest BCUT2D eigenvalue weighted by atomic mass is 10.2. The number of thioether (sulfide) groups is 1. The lowest BCUT2D eigenvalue weighted by molar-refractivity contribution is -0.121. The number of aryl methyl sites for hydroxylation is 1. The molecule has 24 heavy (non-hydrogen) atoms. The molecular formula is C18H16N2O3S. The Morgan fingerprint density at radius 1 is 1.08 bits per heavy atom. The molecule has 2 aromatic carbocycles. The van der Waals surface area contributed by atoms with E-state index in [2.05, 4.69) is 0 Å². The Bertz CT molecular complexity index is 807. The maximum Gasteiger partial charge on any atom is 0.295 e. The molecule has 122 valence electrons. The Hall–Kier alpha value is -2.60. The summed E-state index contributed by atoms with van der Waals surface area (Å²) < 4.78 is 0. The largest absolute Gasteiger partial charge is 0.295 e. The molecule has 5 nitrogen and oxygen atoms in total. The molecule has 1 fully saturated rings. The summed E-state index contributed by atoms with van der Waals surface area (Å²) in [4.78, 5) is 39.8. The molecule has 1 saturated heterocycles. The first-order valence-corrected chi connectivity index (χ1v) is 8.33. The second-order valence-electron chi connectivity index (χ2n) is 5.47. The van der Waals surface area contributed by atoms with E-state index in [-0.39, 0.29) is 11.1 Å². The van der Waals surface area contributed by atoms with Crippen molar-refractivity contribution in [3.05, 3.63) is 60.2 Å². The highest BCUT2D eigenvalue weighted by Crippen LogP contribution is 2.36. The van der Waals surface area contributed by atoms with E-state index in [1.165, 1.54) is 11.8 Å². The second-order valence-corrected chi connectivity index (χ2v) is 6.50. The van der Waals surface area contributed by atoms with Crippen LogP contribution in [0.4, 0.5) is 16.2 Å². The van der Waals surface area contributed by atoms with Crippen molar-refractivity contribution < 1.29 is 14.4 Å².